The van der Waals surface area contributed by atoms with E-state index >= 15 is 0 Å². The number of ether oxygens (including phenoxy) is 1. The highest BCUT2D eigenvalue weighted by atomic mass is 16.5. The van der Waals surface area contributed by atoms with Gasteiger partial charge in [-0.3, -0.25) is 0 Å². The predicted molar refractivity (Wildman–Crippen MR) is 88.2 cm³/mol. The van der Waals surface area contributed by atoms with Crippen molar-refractivity contribution in [3.63, 3.8) is 0 Å². The fourth-order valence-electron chi connectivity index (χ4n) is 3.33. The molecule has 3 rings (SSSR count). The van der Waals surface area contributed by atoms with Gasteiger partial charge in [0.2, 0.25) is 0 Å². The minimum Gasteiger partial charge on any atom is -0.484 e. The summed E-state index contributed by atoms with van der Waals surface area (Å²) in [4.78, 5) is 0. The maximum atomic E-state index is 6.00. The van der Waals surface area contributed by atoms with Gasteiger partial charge in [-0.1, -0.05) is 25.3 Å². The summed E-state index contributed by atoms with van der Waals surface area (Å²) in [5.74, 6) is 0.982. The lowest BCUT2D eigenvalue weighted by atomic mass is 9.95. The van der Waals surface area contributed by atoms with E-state index in [0.29, 0.717) is 0 Å². The van der Waals surface area contributed by atoms with Gasteiger partial charge >= 0.3 is 0 Å². The topological polar surface area (TPSA) is 33.3 Å². The van der Waals surface area contributed by atoms with Crippen molar-refractivity contribution in [3.8, 4) is 5.75 Å². The molecule has 0 bridgehead atoms. The zero-order valence-corrected chi connectivity index (χ0v) is 13.4. The normalized spacial score (nSPS) is 21.2. The van der Waals surface area contributed by atoms with Gasteiger partial charge in [-0.2, -0.15) is 0 Å². The van der Waals surface area contributed by atoms with E-state index in [1.807, 2.05) is 0 Å². The van der Waals surface area contributed by atoms with Gasteiger partial charge in [0.1, 0.15) is 11.4 Å². The smallest absolute Gasteiger partial charge is 0.143 e. The van der Waals surface area contributed by atoms with Gasteiger partial charge in [-0.25, -0.2) is 0 Å². The van der Waals surface area contributed by atoms with Gasteiger partial charge in [0.15, 0.2) is 0 Å². The third-order valence-corrected chi connectivity index (χ3v) is 4.59. The number of nitrogens with one attached hydrogen (secondary N) is 2. The monoisotopic (exact) mass is 288 g/mol. The van der Waals surface area contributed by atoms with Crippen LogP contribution in [0.1, 0.15) is 51.5 Å². The fourth-order valence-corrected chi connectivity index (χ4v) is 3.33. The molecular weight excluding hydrogens is 260 g/mol. The van der Waals surface area contributed by atoms with Crippen molar-refractivity contribution in [1.82, 2.24) is 5.32 Å². The molecule has 0 saturated heterocycles. The summed E-state index contributed by atoms with van der Waals surface area (Å²) >= 11 is 0. The van der Waals surface area contributed by atoms with Crippen LogP contribution >= 0.6 is 0 Å². The Bertz CT molecular complexity index is 478. The molecule has 0 amide bonds. The van der Waals surface area contributed by atoms with E-state index < -0.39 is 0 Å². The van der Waals surface area contributed by atoms with Gasteiger partial charge in [-0.05, 0) is 57.4 Å². The molecule has 1 saturated carbocycles. The molecule has 1 heterocycles. The maximum absolute atomic E-state index is 6.00. The second-order valence-corrected chi connectivity index (χ2v) is 7.08. The molecule has 0 unspecified atom stereocenters. The zero-order chi connectivity index (χ0) is 14.7. The van der Waals surface area contributed by atoms with E-state index in [2.05, 4.69) is 42.7 Å². The van der Waals surface area contributed by atoms with Gasteiger partial charge in [0, 0.05) is 6.04 Å². The Morgan fingerprint density at radius 1 is 1.24 bits per heavy atom. The molecule has 3 heteroatoms. The zero-order valence-electron chi connectivity index (χ0n) is 13.4. The highest BCUT2D eigenvalue weighted by Gasteiger charge is 2.26. The first-order chi connectivity index (χ1) is 10.1. The number of benzene rings is 1. The number of hydrogen-bond acceptors (Lipinski definition) is 3. The SMILES string of the molecule is CC1(C)CNc2cc(CCNC3CCCCC3)ccc2O1. The van der Waals surface area contributed by atoms with E-state index in [4.69, 9.17) is 4.74 Å². The van der Waals surface area contributed by atoms with Crippen LogP contribution in [-0.2, 0) is 6.42 Å². The van der Waals surface area contributed by atoms with E-state index in [9.17, 15) is 0 Å². The first-order valence-corrected chi connectivity index (χ1v) is 8.42. The van der Waals surface area contributed by atoms with E-state index in [0.717, 1.165) is 37.0 Å². The van der Waals surface area contributed by atoms with Crippen LogP contribution in [0, 0.1) is 0 Å². The quantitative estimate of drug-likeness (QED) is 0.885. The minimum atomic E-state index is -0.114. The van der Waals surface area contributed by atoms with Gasteiger partial charge in [0.05, 0.1) is 12.2 Å². The molecule has 1 fully saturated rings. The highest BCUT2D eigenvalue weighted by Crippen LogP contribution is 2.33. The van der Waals surface area contributed by atoms with Crippen molar-refractivity contribution in [3.05, 3.63) is 23.8 Å². The fraction of sp³-hybridized carbons (Fsp3) is 0.667. The van der Waals surface area contributed by atoms with Crippen LogP contribution in [0.5, 0.6) is 5.75 Å². The van der Waals surface area contributed by atoms with E-state index in [1.165, 1.54) is 37.7 Å². The number of fused-ring (bicyclic) bond motifs is 1. The van der Waals surface area contributed by atoms with E-state index in [1.54, 1.807) is 0 Å². The Labute approximate surface area is 128 Å². The van der Waals surface area contributed by atoms with Crippen LogP contribution in [-0.4, -0.2) is 24.7 Å². The third-order valence-electron chi connectivity index (χ3n) is 4.59. The first-order valence-electron chi connectivity index (χ1n) is 8.42. The van der Waals surface area contributed by atoms with E-state index in [-0.39, 0.29) is 5.60 Å². The van der Waals surface area contributed by atoms with Crippen LogP contribution in [0.15, 0.2) is 18.2 Å². The molecule has 0 radical (unpaired) electrons. The van der Waals surface area contributed by atoms with Crippen molar-refractivity contribution in [2.24, 2.45) is 0 Å². The highest BCUT2D eigenvalue weighted by molar-refractivity contribution is 5.60. The largest absolute Gasteiger partial charge is 0.484 e. The molecule has 1 aliphatic heterocycles. The van der Waals surface area contributed by atoms with Gasteiger partial charge in [0.25, 0.3) is 0 Å². The first kappa shape index (κ1) is 14.7. The lowest BCUT2D eigenvalue weighted by Gasteiger charge is -2.33. The van der Waals surface area contributed by atoms with Gasteiger partial charge in [-0.15, -0.1) is 0 Å². The van der Waals surface area contributed by atoms with Crippen molar-refractivity contribution >= 4 is 5.69 Å². The Hall–Kier alpha value is -1.22. The number of hydrogen-bond donors (Lipinski definition) is 2. The Kier molecular flexibility index (Phi) is 4.39. The third kappa shape index (κ3) is 3.91. The second kappa shape index (κ2) is 6.27. The maximum Gasteiger partial charge on any atom is 0.143 e. The van der Waals surface area contributed by atoms with Crippen molar-refractivity contribution in [2.45, 2.75) is 64.0 Å². The molecular formula is C18H28N2O. The predicted octanol–water partition coefficient (Wildman–Crippen LogP) is 3.73. The lowest BCUT2D eigenvalue weighted by molar-refractivity contribution is 0.116. The van der Waals surface area contributed by atoms with Crippen LogP contribution < -0.4 is 15.4 Å². The number of rotatable bonds is 4. The molecule has 2 N–H and O–H groups in total. The number of anilines is 1. The Morgan fingerprint density at radius 3 is 2.86 bits per heavy atom. The van der Waals surface area contributed by atoms with Crippen LogP contribution in [0.25, 0.3) is 0 Å². The Morgan fingerprint density at radius 2 is 2.05 bits per heavy atom. The second-order valence-electron chi connectivity index (χ2n) is 7.08. The molecule has 1 aromatic rings. The molecule has 1 aromatic carbocycles. The summed E-state index contributed by atoms with van der Waals surface area (Å²) in [6.45, 7) is 6.18. The summed E-state index contributed by atoms with van der Waals surface area (Å²) < 4.78 is 6.00. The summed E-state index contributed by atoms with van der Waals surface area (Å²) in [6.07, 6.45) is 8.02. The Balaban J connectivity index is 1.52. The van der Waals surface area contributed by atoms with Crippen molar-refractivity contribution in [1.29, 1.82) is 0 Å². The van der Waals surface area contributed by atoms with Crippen molar-refractivity contribution < 1.29 is 4.74 Å². The summed E-state index contributed by atoms with van der Waals surface area (Å²) in [7, 11) is 0. The average molecular weight is 288 g/mol. The van der Waals surface area contributed by atoms with Crippen LogP contribution in [0.2, 0.25) is 0 Å². The summed E-state index contributed by atoms with van der Waals surface area (Å²) in [5.41, 5.74) is 2.41. The molecule has 0 atom stereocenters. The molecule has 1 aliphatic carbocycles. The molecule has 21 heavy (non-hydrogen) atoms. The standard InChI is InChI=1S/C18H28N2O/c1-18(2)13-20-16-12-14(8-9-17(16)21-18)10-11-19-15-6-4-3-5-7-15/h8-9,12,15,19-20H,3-7,10-11,13H2,1-2H3. The molecule has 116 valence electrons. The van der Waals surface area contributed by atoms with Crippen LogP contribution in [0.3, 0.4) is 0 Å². The molecule has 2 aliphatic rings. The molecule has 3 nitrogen and oxygen atoms in total. The molecule has 0 aromatic heterocycles. The summed E-state index contributed by atoms with van der Waals surface area (Å²) in [5, 5.41) is 7.20. The molecule has 0 spiro atoms. The average Bonchev–Trinajstić information content (AvgIpc) is 2.48. The van der Waals surface area contributed by atoms with Crippen LogP contribution in [0.4, 0.5) is 5.69 Å². The summed E-state index contributed by atoms with van der Waals surface area (Å²) in [6, 6.07) is 7.30. The minimum absolute atomic E-state index is 0.114. The lowest BCUT2D eigenvalue weighted by Crippen LogP contribution is -2.40. The van der Waals surface area contributed by atoms with Gasteiger partial charge < -0.3 is 15.4 Å². The van der Waals surface area contributed by atoms with Crippen molar-refractivity contribution in [2.75, 3.05) is 18.4 Å².